The van der Waals surface area contributed by atoms with Crippen molar-refractivity contribution in [1.29, 1.82) is 0 Å². The first-order chi connectivity index (χ1) is 9.58. The van der Waals surface area contributed by atoms with Gasteiger partial charge >= 0.3 is 6.09 Å². The van der Waals surface area contributed by atoms with Gasteiger partial charge in [-0.1, -0.05) is 17.7 Å². The Morgan fingerprint density at radius 2 is 1.90 bits per heavy atom. The van der Waals surface area contributed by atoms with Gasteiger partial charge in [0, 0.05) is 10.7 Å². The Bertz CT molecular complexity index is 616. The summed E-state index contributed by atoms with van der Waals surface area (Å²) >= 11 is 5.94. The van der Waals surface area contributed by atoms with E-state index >= 15 is 0 Å². The van der Waals surface area contributed by atoms with Gasteiger partial charge in [0.25, 0.3) is 0 Å². The number of hydrogen-bond acceptors (Lipinski definition) is 5. The molecule has 0 aliphatic heterocycles. The number of amides is 1. The molecule has 0 aliphatic rings. The maximum absolute atomic E-state index is 11.0. The number of hydrogen-bond donors (Lipinski definition) is 2. The number of nitrogens with zero attached hydrogens (tertiary/aromatic N) is 2. The van der Waals surface area contributed by atoms with Crippen molar-refractivity contribution in [1.82, 2.24) is 10.2 Å². The highest BCUT2D eigenvalue weighted by molar-refractivity contribution is 6.30. The van der Waals surface area contributed by atoms with Crippen molar-refractivity contribution < 1.29 is 9.53 Å². The molecule has 1 aromatic heterocycles. The van der Waals surface area contributed by atoms with Crippen LogP contribution in [0.3, 0.4) is 0 Å². The standard InChI is InChI=1S/C13H13ClN4O2/c1-8-3-4-9(14)7-10(8)15-11-5-6-12(18-17-11)16-13(19)20-2/h3-7H,1-2H3,(H,15,17)(H,16,18,19). The van der Waals surface area contributed by atoms with Crippen LogP contribution in [0, 0.1) is 6.92 Å². The van der Waals surface area contributed by atoms with Crippen LogP contribution < -0.4 is 10.6 Å². The van der Waals surface area contributed by atoms with Crippen molar-refractivity contribution in [3.05, 3.63) is 40.9 Å². The highest BCUT2D eigenvalue weighted by Gasteiger charge is 2.04. The smallest absolute Gasteiger partial charge is 0.412 e. The highest BCUT2D eigenvalue weighted by Crippen LogP contribution is 2.23. The lowest BCUT2D eigenvalue weighted by Gasteiger charge is -2.09. The first kappa shape index (κ1) is 14.1. The van der Waals surface area contributed by atoms with Crippen molar-refractivity contribution in [3.8, 4) is 0 Å². The fourth-order valence-corrected chi connectivity index (χ4v) is 1.66. The lowest BCUT2D eigenvalue weighted by Crippen LogP contribution is -2.12. The Labute approximate surface area is 121 Å². The maximum atomic E-state index is 11.0. The number of benzene rings is 1. The zero-order valence-corrected chi connectivity index (χ0v) is 11.7. The molecule has 0 saturated heterocycles. The summed E-state index contributed by atoms with van der Waals surface area (Å²) in [5.74, 6) is 0.857. The largest absolute Gasteiger partial charge is 0.453 e. The Balaban J connectivity index is 2.10. The first-order valence-corrected chi connectivity index (χ1v) is 6.18. The molecule has 2 N–H and O–H groups in total. The molecular weight excluding hydrogens is 280 g/mol. The number of methoxy groups -OCH3 is 1. The third-order valence-corrected chi connectivity index (χ3v) is 2.78. The number of aryl methyl sites for hydroxylation is 1. The van der Waals surface area contributed by atoms with Gasteiger partial charge < -0.3 is 10.1 Å². The van der Waals surface area contributed by atoms with E-state index in [1.165, 1.54) is 7.11 Å². The van der Waals surface area contributed by atoms with Crippen LogP contribution in [0.1, 0.15) is 5.56 Å². The molecular formula is C13H13ClN4O2. The monoisotopic (exact) mass is 292 g/mol. The molecule has 0 radical (unpaired) electrons. The quantitative estimate of drug-likeness (QED) is 0.907. The van der Waals surface area contributed by atoms with Crippen LogP contribution in [0.15, 0.2) is 30.3 Å². The van der Waals surface area contributed by atoms with Gasteiger partial charge in [0.05, 0.1) is 7.11 Å². The first-order valence-electron chi connectivity index (χ1n) is 5.80. The zero-order valence-electron chi connectivity index (χ0n) is 11.0. The van der Waals surface area contributed by atoms with Gasteiger partial charge in [-0.2, -0.15) is 0 Å². The molecule has 0 saturated carbocycles. The summed E-state index contributed by atoms with van der Waals surface area (Å²) in [6, 6.07) is 8.84. The third-order valence-electron chi connectivity index (χ3n) is 2.54. The number of rotatable bonds is 3. The van der Waals surface area contributed by atoms with E-state index in [4.69, 9.17) is 11.6 Å². The van der Waals surface area contributed by atoms with Crippen LogP contribution in [0.2, 0.25) is 5.02 Å². The summed E-state index contributed by atoms with van der Waals surface area (Å²) in [6.07, 6.45) is -0.592. The van der Waals surface area contributed by atoms with E-state index in [-0.39, 0.29) is 0 Å². The fraction of sp³-hybridized carbons (Fsp3) is 0.154. The SMILES string of the molecule is COC(=O)Nc1ccc(Nc2cc(Cl)ccc2C)nn1. The number of halogens is 1. The van der Waals surface area contributed by atoms with Crippen LogP contribution >= 0.6 is 11.6 Å². The minimum absolute atomic E-state index is 0.310. The van der Waals surface area contributed by atoms with Crippen LogP contribution in [-0.2, 0) is 4.74 Å². The molecule has 104 valence electrons. The molecule has 0 bridgehead atoms. The van der Waals surface area contributed by atoms with E-state index in [1.54, 1.807) is 18.2 Å². The van der Waals surface area contributed by atoms with E-state index in [0.29, 0.717) is 16.7 Å². The third kappa shape index (κ3) is 3.58. The summed E-state index contributed by atoms with van der Waals surface area (Å²) in [5.41, 5.74) is 1.88. The molecule has 20 heavy (non-hydrogen) atoms. The van der Waals surface area contributed by atoms with E-state index in [9.17, 15) is 4.79 Å². The van der Waals surface area contributed by atoms with Crippen LogP contribution in [0.25, 0.3) is 0 Å². The van der Waals surface area contributed by atoms with Crippen molar-refractivity contribution in [3.63, 3.8) is 0 Å². The lowest BCUT2D eigenvalue weighted by molar-refractivity contribution is 0.187. The highest BCUT2D eigenvalue weighted by atomic mass is 35.5. The minimum atomic E-state index is -0.592. The van der Waals surface area contributed by atoms with E-state index in [2.05, 4.69) is 25.6 Å². The Kier molecular flexibility index (Phi) is 4.37. The normalized spacial score (nSPS) is 9.95. The molecule has 2 rings (SSSR count). The van der Waals surface area contributed by atoms with Crippen LogP contribution in [0.5, 0.6) is 0 Å². The minimum Gasteiger partial charge on any atom is -0.453 e. The molecule has 0 atom stereocenters. The average Bonchev–Trinajstić information content (AvgIpc) is 2.45. The molecule has 1 amide bonds. The van der Waals surface area contributed by atoms with Crippen LogP contribution in [-0.4, -0.2) is 23.4 Å². The average molecular weight is 293 g/mol. The van der Waals surface area contributed by atoms with Crippen LogP contribution in [0.4, 0.5) is 22.1 Å². The van der Waals surface area contributed by atoms with E-state index < -0.39 is 6.09 Å². The lowest BCUT2D eigenvalue weighted by atomic mass is 10.2. The number of carbonyl (C=O) groups excluding carboxylic acids is 1. The van der Waals surface area contributed by atoms with Gasteiger partial charge in [-0.25, -0.2) is 4.79 Å². The van der Waals surface area contributed by atoms with Gasteiger partial charge in [0.1, 0.15) is 0 Å². The topological polar surface area (TPSA) is 76.1 Å². The van der Waals surface area contributed by atoms with Crippen molar-refractivity contribution in [2.75, 3.05) is 17.7 Å². The molecule has 0 fully saturated rings. The van der Waals surface area contributed by atoms with Gasteiger partial charge in [0.15, 0.2) is 11.6 Å². The predicted molar refractivity (Wildman–Crippen MR) is 77.5 cm³/mol. The number of ether oxygens (including phenoxy) is 1. The second-order valence-electron chi connectivity index (χ2n) is 4.00. The van der Waals surface area contributed by atoms with E-state index in [0.717, 1.165) is 11.3 Å². The Morgan fingerprint density at radius 3 is 2.55 bits per heavy atom. The zero-order chi connectivity index (χ0) is 14.5. The van der Waals surface area contributed by atoms with Gasteiger partial charge in [-0.05, 0) is 36.8 Å². The van der Waals surface area contributed by atoms with E-state index in [1.807, 2.05) is 19.1 Å². The fourth-order valence-electron chi connectivity index (χ4n) is 1.49. The molecule has 0 aliphatic carbocycles. The maximum Gasteiger partial charge on any atom is 0.412 e. The Hall–Kier alpha value is -2.34. The molecule has 6 nitrogen and oxygen atoms in total. The summed E-state index contributed by atoms with van der Waals surface area (Å²) in [5, 5.41) is 14.0. The van der Waals surface area contributed by atoms with Gasteiger partial charge in [0.2, 0.25) is 0 Å². The molecule has 1 heterocycles. The summed E-state index contributed by atoms with van der Waals surface area (Å²) < 4.78 is 4.46. The number of nitrogens with one attached hydrogen (secondary N) is 2. The summed E-state index contributed by atoms with van der Waals surface area (Å²) in [6.45, 7) is 1.96. The number of anilines is 3. The van der Waals surface area contributed by atoms with Crippen molar-refractivity contribution in [2.45, 2.75) is 6.92 Å². The second kappa shape index (κ2) is 6.21. The predicted octanol–water partition coefficient (Wildman–Crippen LogP) is 3.36. The van der Waals surface area contributed by atoms with Gasteiger partial charge in [-0.3, -0.25) is 5.32 Å². The molecule has 1 aromatic carbocycles. The van der Waals surface area contributed by atoms with Crippen molar-refractivity contribution in [2.24, 2.45) is 0 Å². The molecule has 2 aromatic rings. The number of aromatic nitrogens is 2. The summed E-state index contributed by atoms with van der Waals surface area (Å²) in [7, 11) is 1.28. The second-order valence-corrected chi connectivity index (χ2v) is 4.44. The van der Waals surface area contributed by atoms with Crippen molar-refractivity contribution >= 4 is 35.0 Å². The Morgan fingerprint density at radius 1 is 1.20 bits per heavy atom. The molecule has 0 spiro atoms. The molecule has 0 unspecified atom stereocenters. The van der Waals surface area contributed by atoms with Gasteiger partial charge in [-0.15, -0.1) is 10.2 Å². The number of carbonyl (C=O) groups is 1. The molecule has 7 heteroatoms. The summed E-state index contributed by atoms with van der Waals surface area (Å²) in [4.78, 5) is 11.0.